The number of aryl methyl sites for hydroxylation is 2. The Labute approximate surface area is 136 Å². The summed E-state index contributed by atoms with van der Waals surface area (Å²) >= 11 is 0. The Morgan fingerprint density at radius 1 is 1.13 bits per heavy atom. The van der Waals surface area contributed by atoms with Gasteiger partial charge in [0.05, 0.1) is 11.8 Å². The van der Waals surface area contributed by atoms with E-state index in [0.717, 1.165) is 47.4 Å². The van der Waals surface area contributed by atoms with Crippen molar-refractivity contribution in [3.05, 3.63) is 29.3 Å². The van der Waals surface area contributed by atoms with Crippen molar-refractivity contribution >= 4 is 23.4 Å². The van der Waals surface area contributed by atoms with E-state index in [1.807, 2.05) is 32.0 Å². The summed E-state index contributed by atoms with van der Waals surface area (Å²) < 4.78 is 0. The predicted octanol–water partition coefficient (Wildman–Crippen LogP) is 2.42. The van der Waals surface area contributed by atoms with Gasteiger partial charge in [-0.25, -0.2) is 0 Å². The molecule has 1 saturated carbocycles. The van der Waals surface area contributed by atoms with Gasteiger partial charge in [-0.3, -0.25) is 19.3 Å². The summed E-state index contributed by atoms with van der Waals surface area (Å²) in [4.78, 5) is 38.1. The van der Waals surface area contributed by atoms with Gasteiger partial charge >= 0.3 is 0 Å². The van der Waals surface area contributed by atoms with Crippen LogP contribution in [0.3, 0.4) is 0 Å². The summed E-state index contributed by atoms with van der Waals surface area (Å²) in [6, 6.07) is 5.75. The minimum absolute atomic E-state index is 0.171. The summed E-state index contributed by atoms with van der Waals surface area (Å²) in [6.07, 6.45) is 3.51. The smallest absolute Gasteiger partial charge is 0.244 e. The van der Waals surface area contributed by atoms with Gasteiger partial charge in [0.1, 0.15) is 6.54 Å². The number of nitrogens with one attached hydrogen (secondary N) is 1. The summed E-state index contributed by atoms with van der Waals surface area (Å²) in [7, 11) is 0. The number of hydrogen-bond acceptors (Lipinski definition) is 3. The lowest BCUT2D eigenvalue weighted by Gasteiger charge is -2.19. The molecule has 1 N–H and O–H groups in total. The minimum atomic E-state index is -0.322. The lowest BCUT2D eigenvalue weighted by Crippen LogP contribution is -2.38. The maximum Gasteiger partial charge on any atom is 0.244 e. The molecule has 0 radical (unpaired) electrons. The molecule has 1 heterocycles. The summed E-state index contributed by atoms with van der Waals surface area (Å²) in [6.45, 7) is 3.73. The van der Waals surface area contributed by atoms with E-state index in [4.69, 9.17) is 0 Å². The second kappa shape index (κ2) is 6.14. The van der Waals surface area contributed by atoms with Crippen LogP contribution in [0.15, 0.2) is 18.2 Å². The third-order valence-corrected chi connectivity index (χ3v) is 4.89. The van der Waals surface area contributed by atoms with Crippen LogP contribution in [0, 0.1) is 25.7 Å². The van der Waals surface area contributed by atoms with E-state index in [0.29, 0.717) is 0 Å². The molecule has 122 valence electrons. The average Bonchev–Trinajstić information content (AvgIpc) is 2.76. The molecular weight excluding hydrogens is 292 g/mol. The molecule has 5 nitrogen and oxygen atoms in total. The quantitative estimate of drug-likeness (QED) is 0.871. The summed E-state index contributed by atoms with van der Waals surface area (Å²) in [5.74, 6) is -1.07. The first-order valence-corrected chi connectivity index (χ1v) is 8.19. The zero-order valence-electron chi connectivity index (χ0n) is 13.6. The van der Waals surface area contributed by atoms with E-state index >= 15 is 0 Å². The molecular formula is C18H22N2O3. The average molecular weight is 314 g/mol. The number of fused-ring (bicyclic) bond motifs is 1. The third kappa shape index (κ3) is 3.00. The molecule has 0 bridgehead atoms. The minimum Gasteiger partial charge on any atom is -0.324 e. The number of imide groups is 1. The highest BCUT2D eigenvalue weighted by atomic mass is 16.2. The van der Waals surface area contributed by atoms with Crippen LogP contribution >= 0.6 is 0 Å². The first-order chi connectivity index (χ1) is 11.0. The predicted molar refractivity (Wildman–Crippen MR) is 86.7 cm³/mol. The number of rotatable bonds is 3. The van der Waals surface area contributed by atoms with Gasteiger partial charge in [-0.05, 0) is 38.3 Å². The van der Waals surface area contributed by atoms with E-state index in [9.17, 15) is 14.4 Å². The van der Waals surface area contributed by atoms with Crippen molar-refractivity contribution in [2.45, 2.75) is 39.5 Å². The number of likely N-dealkylation sites (tertiary alicyclic amines) is 1. The van der Waals surface area contributed by atoms with E-state index in [1.54, 1.807) is 0 Å². The number of nitrogens with zero attached hydrogens (tertiary/aromatic N) is 1. The third-order valence-electron chi connectivity index (χ3n) is 4.89. The fourth-order valence-electron chi connectivity index (χ4n) is 3.67. The molecule has 0 aromatic heterocycles. The first kappa shape index (κ1) is 15.7. The van der Waals surface area contributed by atoms with E-state index in [-0.39, 0.29) is 36.1 Å². The first-order valence-electron chi connectivity index (χ1n) is 8.19. The standard InChI is InChI=1S/C18H22N2O3/c1-11-7-8-15(12(2)9-11)19-16(21)10-20-17(22)13-5-3-4-6-14(13)18(20)23/h7-9,13-14H,3-6,10H2,1-2H3,(H,19,21). The Morgan fingerprint density at radius 3 is 2.30 bits per heavy atom. The zero-order valence-corrected chi connectivity index (χ0v) is 13.6. The molecule has 1 aromatic carbocycles. The van der Waals surface area contributed by atoms with Crippen molar-refractivity contribution in [3.63, 3.8) is 0 Å². The van der Waals surface area contributed by atoms with Gasteiger partial charge in [0.2, 0.25) is 17.7 Å². The maximum absolute atomic E-state index is 12.4. The van der Waals surface area contributed by atoms with Crippen LogP contribution in [0.1, 0.15) is 36.8 Å². The molecule has 1 aliphatic carbocycles. The van der Waals surface area contributed by atoms with Gasteiger partial charge in [0.25, 0.3) is 0 Å². The molecule has 1 aromatic rings. The topological polar surface area (TPSA) is 66.5 Å². The number of amides is 3. The van der Waals surface area contributed by atoms with Crippen molar-refractivity contribution in [1.82, 2.24) is 4.90 Å². The van der Waals surface area contributed by atoms with Crippen molar-refractivity contribution in [2.75, 3.05) is 11.9 Å². The van der Waals surface area contributed by atoms with Crippen molar-refractivity contribution in [3.8, 4) is 0 Å². The molecule has 23 heavy (non-hydrogen) atoms. The summed E-state index contributed by atoms with van der Waals surface area (Å²) in [5, 5.41) is 2.80. The lowest BCUT2D eigenvalue weighted by atomic mass is 9.81. The molecule has 1 saturated heterocycles. The van der Waals surface area contributed by atoms with Crippen LogP contribution in [0.5, 0.6) is 0 Å². The highest BCUT2D eigenvalue weighted by molar-refractivity contribution is 6.08. The normalized spacial score (nSPS) is 23.8. The van der Waals surface area contributed by atoms with Crippen molar-refractivity contribution < 1.29 is 14.4 Å². The van der Waals surface area contributed by atoms with Crippen LogP contribution in [0.2, 0.25) is 0 Å². The number of anilines is 1. The van der Waals surface area contributed by atoms with Crippen LogP contribution in [0.4, 0.5) is 5.69 Å². The highest BCUT2D eigenvalue weighted by Crippen LogP contribution is 2.37. The monoisotopic (exact) mass is 314 g/mol. The van der Waals surface area contributed by atoms with Crippen molar-refractivity contribution in [1.29, 1.82) is 0 Å². The fourth-order valence-corrected chi connectivity index (χ4v) is 3.67. The second-order valence-electron chi connectivity index (χ2n) is 6.63. The van der Waals surface area contributed by atoms with Gasteiger partial charge in [-0.1, -0.05) is 30.5 Å². The Morgan fingerprint density at radius 2 is 1.74 bits per heavy atom. The summed E-state index contributed by atoms with van der Waals surface area (Å²) in [5.41, 5.74) is 2.80. The Hall–Kier alpha value is -2.17. The lowest BCUT2D eigenvalue weighted by molar-refractivity contribution is -0.142. The highest BCUT2D eigenvalue weighted by Gasteiger charge is 2.48. The molecule has 3 rings (SSSR count). The van der Waals surface area contributed by atoms with Gasteiger partial charge in [0.15, 0.2) is 0 Å². The molecule has 2 atom stereocenters. The number of carbonyl (C=O) groups excluding carboxylic acids is 3. The number of benzene rings is 1. The molecule has 5 heteroatoms. The Bertz CT molecular complexity index is 644. The van der Waals surface area contributed by atoms with Crippen LogP contribution < -0.4 is 5.32 Å². The molecule has 3 amide bonds. The van der Waals surface area contributed by atoms with Gasteiger partial charge < -0.3 is 5.32 Å². The van der Waals surface area contributed by atoms with Crippen LogP contribution in [-0.2, 0) is 14.4 Å². The number of hydrogen-bond donors (Lipinski definition) is 1. The Kier molecular flexibility index (Phi) is 4.20. The second-order valence-corrected chi connectivity index (χ2v) is 6.63. The SMILES string of the molecule is Cc1ccc(NC(=O)CN2C(=O)C3CCCCC3C2=O)c(C)c1. The van der Waals surface area contributed by atoms with Gasteiger partial charge in [0, 0.05) is 5.69 Å². The van der Waals surface area contributed by atoms with E-state index in [2.05, 4.69) is 5.32 Å². The zero-order chi connectivity index (χ0) is 16.6. The van der Waals surface area contributed by atoms with Gasteiger partial charge in [-0.15, -0.1) is 0 Å². The van der Waals surface area contributed by atoms with Gasteiger partial charge in [-0.2, -0.15) is 0 Å². The van der Waals surface area contributed by atoms with E-state index < -0.39 is 0 Å². The molecule has 0 spiro atoms. The molecule has 1 aliphatic heterocycles. The van der Waals surface area contributed by atoms with Crippen LogP contribution in [-0.4, -0.2) is 29.2 Å². The molecule has 2 fully saturated rings. The van der Waals surface area contributed by atoms with E-state index in [1.165, 1.54) is 0 Å². The maximum atomic E-state index is 12.4. The van der Waals surface area contributed by atoms with Crippen LogP contribution in [0.25, 0.3) is 0 Å². The largest absolute Gasteiger partial charge is 0.324 e. The van der Waals surface area contributed by atoms with Crippen molar-refractivity contribution in [2.24, 2.45) is 11.8 Å². The number of carbonyl (C=O) groups is 3. The molecule has 2 unspecified atom stereocenters. The Balaban J connectivity index is 1.68. The fraction of sp³-hybridized carbons (Fsp3) is 0.500. The molecule has 2 aliphatic rings.